The summed E-state index contributed by atoms with van der Waals surface area (Å²) in [5, 5.41) is 0.374. The van der Waals surface area contributed by atoms with Gasteiger partial charge in [-0.3, -0.25) is 0 Å². The maximum atomic E-state index is 5.19. The van der Waals surface area contributed by atoms with Gasteiger partial charge in [0.25, 0.3) is 0 Å². The van der Waals surface area contributed by atoms with Crippen molar-refractivity contribution in [1.82, 2.24) is 0 Å². The Kier molecular flexibility index (Phi) is 5.77. The molecular weight excluding hydrogens is 196 g/mol. The molecule has 0 atom stereocenters. The van der Waals surface area contributed by atoms with Gasteiger partial charge < -0.3 is 0 Å². The third-order valence-corrected chi connectivity index (χ3v) is 7.70. The fourth-order valence-electron chi connectivity index (χ4n) is 0.911. The van der Waals surface area contributed by atoms with E-state index in [0.29, 0.717) is 5.04 Å². The monoisotopic (exact) mass is 220 g/mol. The van der Waals surface area contributed by atoms with E-state index in [2.05, 4.69) is 51.2 Å². The smallest absolute Gasteiger partial charge is 0.131 e. The first-order valence-corrected chi connectivity index (χ1v) is 8.75. The van der Waals surface area contributed by atoms with Crippen LogP contribution in [0.15, 0.2) is 0 Å². The molecule has 0 fully saturated rings. The quantitative estimate of drug-likeness (QED) is 0.379. The van der Waals surface area contributed by atoms with Gasteiger partial charge in [0, 0.05) is 12.8 Å². The lowest BCUT2D eigenvalue weighted by atomic mass is 10.2. The van der Waals surface area contributed by atoms with Crippen LogP contribution < -0.4 is 0 Å². The van der Waals surface area contributed by atoms with Gasteiger partial charge in [0.05, 0.1) is 0 Å². The van der Waals surface area contributed by atoms with Crippen molar-refractivity contribution in [1.29, 1.82) is 0 Å². The standard InChI is InChI=1S/C14H24Si/c1-7-8-9-10-11-12-13-15(5,6)14(2,3)4/h1H,8-11H2,2-6H3. The van der Waals surface area contributed by atoms with E-state index in [0.717, 1.165) is 25.7 Å². The average molecular weight is 220 g/mol. The van der Waals surface area contributed by atoms with Crippen molar-refractivity contribution >= 4 is 8.07 Å². The van der Waals surface area contributed by atoms with E-state index >= 15 is 0 Å². The van der Waals surface area contributed by atoms with E-state index in [4.69, 9.17) is 6.42 Å². The summed E-state index contributed by atoms with van der Waals surface area (Å²) in [5.41, 5.74) is 3.51. The van der Waals surface area contributed by atoms with Gasteiger partial charge in [-0.05, 0) is 17.9 Å². The van der Waals surface area contributed by atoms with E-state index in [1.165, 1.54) is 0 Å². The SMILES string of the molecule is C#CCCCCC#C[Si](C)(C)C(C)(C)C. The molecule has 0 N–H and O–H groups in total. The lowest BCUT2D eigenvalue weighted by Crippen LogP contribution is -2.35. The van der Waals surface area contributed by atoms with Crippen LogP contribution in [0.3, 0.4) is 0 Å². The number of rotatable bonds is 3. The summed E-state index contributed by atoms with van der Waals surface area (Å²) in [6.45, 7) is 11.6. The first-order valence-electron chi connectivity index (χ1n) is 5.75. The van der Waals surface area contributed by atoms with Crippen LogP contribution in [0.25, 0.3) is 0 Å². The Morgan fingerprint density at radius 3 is 2.07 bits per heavy atom. The average Bonchev–Trinajstić information content (AvgIpc) is 2.09. The second-order valence-electron chi connectivity index (χ2n) is 5.59. The van der Waals surface area contributed by atoms with Crippen molar-refractivity contribution in [3.05, 3.63) is 0 Å². The lowest BCUT2D eigenvalue weighted by molar-refractivity contribution is 0.730. The lowest BCUT2D eigenvalue weighted by Gasteiger charge is -2.31. The molecule has 0 saturated heterocycles. The van der Waals surface area contributed by atoms with E-state index in [1.54, 1.807) is 0 Å². The molecule has 0 saturated carbocycles. The van der Waals surface area contributed by atoms with Crippen molar-refractivity contribution < 1.29 is 0 Å². The predicted octanol–water partition coefficient (Wildman–Crippen LogP) is 4.23. The van der Waals surface area contributed by atoms with Gasteiger partial charge in [-0.2, -0.15) is 0 Å². The maximum Gasteiger partial charge on any atom is 0.137 e. The van der Waals surface area contributed by atoms with Crippen molar-refractivity contribution in [3.63, 3.8) is 0 Å². The summed E-state index contributed by atoms with van der Waals surface area (Å²) in [6, 6.07) is 0. The Bertz CT molecular complexity index is 275. The minimum atomic E-state index is -1.37. The molecule has 0 heterocycles. The van der Waals surface area contributed by atoms with Crippen LogP contribution in [0.4, 0.5) is 0 Å². The highest BCUT2D eigenvalue weighted by atomic mass is 28.3. The summed E-state index contributed by atoms with van der Waals surface area (Å²) in [6.07, 6.45) is 9.35. The Morgan fingerprint density at radius 1 is 1.07 bits per heavy atom. The molecule has 0 nitrogen and oxygen atoms in total. The summed E-state index contributed by atoms with van der Waals surface area (Å²) in [5.74, 6) is 5.99. The predicted molar refractivity (Wildman–Crippen MR) is 72.3 cm³/mol. The number of hydrogen-bond donors (Lipinski definition) is 0. The molecule has 15 heavy (non-hydrogen) atoms. The van der Waals surface area contributed by atoms with Crippen LogP contribution in [0.1, 0.15) is 46.5 Å². The summed E-state index contributed by atoms with van der Waals surface area (Å²) in [7, 11) is -1.37. The molecule has 84 valence electrons. The number of unbranched alkanes of at least 4 members (excludes halogenated alkanes) is 3. The second-order valence-corrected chi connectivity index (χ2v) is 10.6. The zero-order valence-corrected chi connectivity index (χ0v) is 11.9. The molecule has 0 aliphatic rings. The fourth-order valence-corrected chi connectivity index (χ4v) is 1.85. The Hall–Kier alpha value is -0.663. The summed E-state index contributed by atoms with van der Waals surface area (Å²) >= 11 is 0. The largest absolute Gasteiger partial charge is 0.137 e. The highest BCUT2D eigenvalue weighted by Crippen LogP contribution is 2.35. The molecule has 0 spiro atoms. The first kappa shape index (κ1) is 14.3. The van der Waals surface area contributed by atoms with Crippen molar-refractivity contribution in [2.24, 2.45) is 0 Å². The normalized spacial score (nSPS) is 11.5. The van der Waals surface area contributed by atoms with E-state index in [9.17, 15) is 0 Å². The van der Waals surface area contributed by atoms with Crippen LogP contribution in [0.2, 0.25) is 18.1 Å². The molecule has 0 unspecified atom stereocenters. The topological polar surface area (TPSA) is 0 Å². The van der Waals surface area contributed by atoms with Crippen LogP contribution in [0, 0.1) is 23.8 Å². The molecule has 0 rings (SSSR count). The van der Waals surface area contributed by atoms with Gasteiger partial charge >= 0.3 is 0 Å². The highest BCUT2D eigenvalue weighted by molar-refractivity contribution is 6.87. The van der Waals surface area contributed by atoms with Crippen LogP contribution in [0.5, 0.6) is 0 Å². The zero-order valence-electron chi connectivity index (χ0n) is 10.9. The highest BCUT2D eigenvalue weighted by Gasteiger charge is 2.33. The van der Waals surface area contributed by atoms with E-state index in [-0.39, 0.29) is 0 Å². The molecule has 1 heteroatoms. The molecule has 0 amide bonds. The van der Waals surface area contributed by atoms with Gasteiger partial charge in [0.2, 0.25) is 0 Å². The Morgan fingerprint density at radius 2 is 1.60 bits per heavy atom. The molecule has 0 bridgehead atoms. The van der Waals surface area contributed by atoms with Crippen molar-refractivity contribution in [3.8, 4) is 23.8 Å². The van der Waals surface area contributed by atoms with Gasteiger partial charge in [-0.1, -0.05) is 33.9 Å². The zero-order chi connectivity index (χ0) is 11.9. The summed E-state index contributed by atoms with van der Waals surface area (Å²) in [4.78, 5) is 0. The first-order chi connectivity index (χ1) is 6.81. The van der Waals surface area contributed by atoms with E-state index in [1.807, 2.05) is 0 Å². The van der Waals surface area contributed by atoms with Crippen molar-refractivity contribution in [2.45, 2.75) is 64.6 Å². The molecule has 0 aliphatic heterocycles. The van der Waals surface area contributed by atoms with Crippen LogP contribution >= 0.6 is 0 Å². The van der Waals surface area contributed by atoms with E-state index < -0.39 is 8.07 Å². The van der Waals surface area contributed by atoms with Gasteiger partial charge in [0.15, 0.2) is 0 Å². The fraction of sp³-hybridized carbons (Fsp3) is 0.714. The molecule has 0 radical (unpaired) electrons. The van der Waals surface area contributed by atoms with Crippen LogP contribution in [-0.2, 0) is 0 Å². The molecule has 0 aliphatic carbocycles. The third kappa shape index (κ3) is 5.70. The summed E-state index contributed by atoms with van der Waals surface area (Å²) < 4.78 is 0. The minimum Gasteiger partial charge on any atom is -0.131 e. The molecular formula is C14H24Si. The van der Waals surface area contributed by atoms with Gasteiger partial charge in [0.1, 0.15) is 8.07 Å². The van der Waals surface area contributed by atoms with Gasteiger partial charge in [-0.15, -0.1) is 23.8 Å². The molecule has 0 aromatic heterocycles. The number of hydrogen-bond acceptors (Lipinski definition) is 0. The van der Waals surface area contributed by atoms with Crippen LogP contribution in [-0.4, -0.2) is 8.07 Å². The van der Waals surface area contributed by atoms with Gasteiger partial charge in [-0.25, -0.2) is 0 Å². The van der Waals surface area contributed by atoms with Crippen molar-refractivity contribution in [2.75, 3.05) is 0 Å². The minimum absolute atomic E-state index is 0.374. The number of terminal acetylenes is 1. The molecule has 0 aromatic carbocycles. The Labute approximate surface area is 96.9 Å². The second kappa shape index (κ2) is 6.04. The molecule has 0 aromatic rings. The maximum absolute atomic E-state index is 5.19. The third-order valence-electron chi connectivity index (χ3n) is 3.15. The Balaban J connectivity index is 4.02.